The lowest BCUT2D eigenvalue weighted by Gasteiger charge is -2.11. The maximum atomic E-state index is 13.1. The molecular formula is C17H14FNO2S. The van der Waals surface area contributed by atoms with Crippen LogP contribution < -0.4 is 4.72 Å². The zero-order chi connectivity index (χ0) is 15.7. The van der Waals surface area contributed by atoms with E-state index in [1.807, 2.05) is 30.3 Å². The van der Waals surface area contributed by atoms with Crippen molar-refractivity contribution in [2.45, 2.75) is 11.8 Å². The molecule has 0 aliphatic heterocycles. The molecule has 3 aromatic carbocycles. The number of sulfonamides is 1. The van der Waals surface area contributed by atoms with Gasteiger partial charge in [-0.25, -0.2) is 12.8 Å². The molecule has 0 radical (unpaired) electrons. The van der Waals surface area contributed by atoms with Gasteiger partial charge in [-0.15, -0.1) is 0 Å². The first kappa shape index (κ1) is 14.5. The number of aryl methyl sites for hydroxylation is 1. The number of rotatable bonds is 3. The van der Waals surface area contributed by atoms with Crippen LogP contribution in [0.15, 0.2) is 65.6 Å². The maximum Gasteiger partial charge on any atom is 0.262 e. The van der Waals surface area contributed by atoms with E-state index < -0.39 is 15.8 Å². The first-order valence-electron chi connectivity index (χ1n) is 6.73. The van der Waals surface area contributed by atoms with Crippen molar-refractivity contribution in [1.82, 2.24) is 0 Å². The molecule has 0 spiro atoms. The predicted octanol–water partition coefficient (Wildman–Crippen LogP) is 4.09. The van der Waals surface area contributed by atoms with Gasteiger partial charge in [0.05, 0.1) is 4.90 Å². The highest BCUT2D eigenvalue weighted by Gasteiger charge is 2.17. The summed E-state index contributed by atoms with van der Waals surface area (Å²) >= 11 is 0. The van der Waals surface area contributed by atoms with Crippen LogP contribution in [0.1, 0.15) is 5.56 Å². The molecule has 0 heterocycles. The van der Waals surface area contributed by atoms with Gasteiger partial charge in [-0.1, -0.05) is 30.3 Å². The molecule has 22 heavy (non-hydrogen) atoms. The summed E-state index contributed by atoms with van der Waals surface area (Å²) in [6.45, 7) is 1.57. The maximum absolute atomic E-state index is 13.1. The van der Waals surface area contributed by atoms with Crippen LogP contribution in [0.25, 0.3) is 10.8 Å². The normalized spacial score (nSPS) is 11.5. The van der Waals surface area contributed by atoms with Crippen molar-refractivity contribution in [3.05, 3.63) is 72.0 Å². The second-order valence-corrected chi connectivity index (χ2v) is 6.73. The SMILES string of the molecule is Cc1cc(F)ccc1S(=O)(=O)Nc1ccc2ccccc2c1. The Kier molecular flexibility index (Phi) is 3.58. The standard InChI is InChI=1S/C17H14FNO2S/c1-12-10-15(18)7-9-17(12)22(20,21)19-16-8-6-13-4-2-3-5-14(13)11-16/h2-11,19H,1H3. The quantitative estimate of drug-likeness (QED) is 0.791. The summed E-state index contributed by atoms with van der Waals surface area (Å²) in [5.74, 6) is -0.456. The molecule has 1 N–H and O–H groups in total. The molecule has 0 fully saturated rings. The van der Waals surface area contributed by atoms with Crippen molar-refractivity contribution in [3.63, 3.8) is 0 Å². The van der Waals surface area contributed by atoms with Gasteiger partial charge >= 0.3 is 0 Å². The van der Waals surface area contributed by atoms with Crippen LogP contribution in [-0.4, -0.2) is 8.42 Å². The zero-order valence-corrected chi connectivity index (χ0v) is 12.7. The summed E-state index contributed by atoms with van der Waals surface area (Å²) < 4.78 is 40.5. The molecule has 0 unspecified atom stereocenters. The molecule has 0 saturated carbocycles. The fourth-order valence-electron chi connectivity index (χ4n) is 2.38. The van der Waals surface area contributed by atoms with E-state index in [9.17, 15) is 12.8 Å². The number of nitrogens with one attached hydrogen (secondary N) is 1. The molecule has 3 rings (SSSR count). The third-order valence-electron chi connectivity index (χ3n) is 3.43. The van der Waals surface area contributed by atoms with E-state index in [2.05, 4.69) is 4.72 Å². The van der Waals surface area contributed by atoms with E-state index in [4.69, 9.17) is 0 Å². The average molecular weight is 315 g/mol. The Balaban J connectivity index is 1.99. The van der Waals surface area contributed by atoms with Crippen molar-refractivity contribution in [3.8, 4) is 0 Å². The number of halogens is 1. The van der Waals surface area contributed by atoms with E-state index >= 15 is 0 Å². The van der Waals surface area contributed by atoms with Gasteiger partial charge in [0.15, 0.2) is 0 Å². The summed E-state index contributed by atoms with van der Waals surface area (Å²) in [5, 5.41) is 1.97. The molecule has 0 aliphatic rings. The molecule has 0 aromatic heterocycles. The largest absolute Gasteiger partial charge is 0.280 e. The summed E-state index contributed by atoms with van der Waals surface area (Å²) in [6, 6.07) is 16.6. The van der Waals surface area contributed by atoms with Crippen molar-refractivity contribution < 1.29 is 12.8 Å². The number of anilines is 1. The topological polar surface area (TPSA) is 46.2 Å². The molecule has 0 atom stereocenters. The fourth-order valence-corrected chi connectivity index (χ4v) is 3.65. The fraction of sp³-hybridized carbons (Fsp3) is 0.0588. The van der Waals surface area contributed by atoms with Crippen LogP contribution in [0.3, 0.4) is 0 Å². The van der Waals surface area contributed by atoms with E-state index in [1.54, 1.807) is 19.1 Å². The Labute approximate surface area is 128 Å². The van der Waals surface area contributed by atoms with E-state index in [-0.39, 0.29) is 4.90 Å². The smallest absolute Gasteiger partial charge is 0.262 e. The van der Waals surface area contributed by atoms with E-state index in [0.29, 0.717) is 11.3 Å². The third kappa shape index (κ3) is 2.80. The molecule has 5 heteroatoms. The highest BCUT2D eigenvalue weighted by Crippen LogP contribution is 2.23. The zero-order valence-electron chi connectivity index (χ0n) is 11.9. The molecular weight excluding hydrogens is 301 g/mol. The number of hydrogen-bond donors (Lipinski definition) is 1. The van der Waals surface area contributed by atoms with E-state index in [0.717, 1.165) is 16.8 Å². The Morgan fingerprint density at radius 1 is 0.909 bits per heavy atom. The van der Waals surface area contributed by atoms with Gasteiger partial charge in [-0.2, -0.15) is 0 Å². The minimum absolute atomic E-state index is 0.0714. The summed E-state index contributed by atoms with van der Waals surface area (Å²) in [4.78, 5) is 0.0714. The van der Waals surface area contributed by atoms with Gasteiger partial charge in [0.25, 0.3) is 10.0 Å². The second kappa shape index (κ2) is 5.42. The van der Waals surface area contributed by atoms with Crippen molar-refractivity contribution in [1.29, 1.82) is 0 Å². The molecule has 3 aromatic rings. The lowest BCUT2D eigenvalue weighted by molar-refractivity contribution is 0.598. The van der Waals surface area contributed by atoms with Gasteiger partial charge in [-0.3, -0.25) is 4.72 Å². The second-order valence-electron chi connectivity index (χ2n) is 5.08. The van der Waals surface area contributed by atoms with Crippen LogP contribution in [0.2, 0.25) is 0 Å². The Hall–Kier alpha value is -2.40. The lowest BCUT2D eigenvalue weighted by atomic mass is 10.1. The molecule has 0 aliphatic carbocycles. The van der Waals surface area contributed by atoms with Gasteiger partial charge in [0, 0.05) is 5.69 Å². The summed E-state index contributed by atoms with van der Waals surface area (Å²) in [7, 11) is -3.75. The summed E-state index contributed by atoms with van der Waals surface area (Å²) in [6.07, 6.45) is 0. The molecule has 112 valence electrons. The number of hydrogen-bond acceptors (Lipinski definition) is 2. The van der Waals surface area contributed by atoms with Crippen molar-refractivity contribution >= 4 is 26.5 Å². The minimum atomic E-state index is -3.75. The van der Waals surface area contributed by atoms with Gasteiger partial charge in [-0.05, 0) is 53.6 Å². The molecule has 0 saturated heterocycles. The molecule has 0 bridgehead atoms. The van der Waals surface area contributed by atoms with Crippen LogP contribution in [-0.2, 0) is 10.0 Å². The monoisotopic (exact) mass is 315 g/mol. The first-order valence-corrected chi connectivity index (χ1v) is 8.22. The minimum Gasteiger partial charge on any atom is -0.280 e. The summed E-state index contributed by atoms with van der Waals surface area (Å²) in [5.41, 5.74) is 0.843. The first-order chi connectivity index (χ1) is 10.5. The Bertz CT molecular complexity index is 952. The number of benzene rings is 3. The van der Waals surface area contributed by atoms with Crippen LogP contribution in [0.5, 0.6) is 0 Å². The van der Waals surface area contributed by atoms with Gasteiger partial charge in [0.1, 0.15) is 5.82 Å². The van der Waals surface area contributed by atoms with Crippen LogP contribution in [0.4, 0.5) is 10.1 Å². The van der Waals surface area contributed by atoms with Crippen LogP contribution >= 0.6 is 0 Å². The lowest BCUT2D eigenvalue weighted by Crippen LogP contribution is -2.14. The van der Waals surface area contributed by atoms with Crippen molar-refractivity contribution in [2.24, 2.45) is 0 Å². The Morgan fingerprint density at radius 2 is 1.64 bits per heavy atom. The Morgan fingerprint density at radius 3 is 2.36 bits per heavy atom. The van der Waals surface area contributed by atoms with Gasteiger partial charge < -0.3 is 0 Å². The third-order valence-corrected chi connectivity index (χ3v) is 4.97. The average Bonchev–Trinajstić information content (AvgIpc) is 2.46. The molecule has 3 nitrogen and oxygen atoms in total. The highest BCUT2D eigenvalue weighted by atomic mass is 32.2. The predicted molar refractivity (Wildman–Crippen MR) is 85.9 cm³/mol. The molecule has 0 amide bonds. The van der Waals surface area contributed by atoms with Gasteiger partial charge in [0.2, 0.25) is 0 Å². The van der Waals surface area contributed by atoms with Crippen LogP contribution in [0, 0.1) is 12.7 Å². The number of fused-ring (bicyclic) bond motifs is 1. The van der Waals surface area contributed by atoms with Crippen molar-refractivity contribution in [2.75, 3.05) is 4.72 Å². The highest BCUT2D eigenvalue weighted by molar-refractivity contribution is 7.92. The van der Waals surface area contributed by atoms with E-state index in [1.165, 1.54) is 12.1 Å².